The Bertz CT molecular complexity index is 986. The Hall–Kier alpha value is -3.05. The predicted molar refractivity (Wildman–Crippen MR) is 117 cm³/mol. The molecule has 0 aliphatic carbocycles. The molecule has 1 aliphatic rings. The fourth-order valence-electron chi connectivity index (χ4n) is 4.03. The molecule has 30 heavy (non-hydrogen) atoms. The molecule has 0 radical (unpaired) electrons. The number of amides is 1. The Kier molecular flexibility index (Phi) is 6.19. The van der Waals surface area contributed by atoms with E-state index in [1.807, 2.05) is 60.9 Å². The monoisotopic (exact) mass is 403 g/mol. The van der Waals surface area contributed by atoms with E-state index in [-0.39, 0.29) is 17.8 Å². The van der Waals surface area contributed by atoms with E-state index in [4.69, 9.17) is 0 Å². The molecule has 1 aliphatic heterocycles. The van der Waals surface area contributed by atoms with Crippen LogP contribution in [0.1, 0.15) is 34.3 Å². The van der Waals surface area contributed by atoms with Gasteiger partial charge in [-0.2, -0.15) is 0 Å². The van der Waals surface area contributed by atoms with Crippen molar-refractivity contribution in [3.8, 4) is 0 Å². The Morgan fingerprint density at radius 1 is 1.07 bits per heavy atom. The molecule has 154 valence electrons. The number of aryl methyl sites for hydroxylation is 1. The van der Waals surface area contributed by atoms with Crippen LogP contribution in [0.5, 0.6) is 0 Å². The lowest BCUT2D eigenvalue weighted by Gasteiger charge is -2.38. The minimum atomic E-state index is -0.284. The van der Waals surface area contributed by atoms with Crippen molar-refractivity contribution in [2.75, 3.05) is 18.0 Å². The minimum Gasteiger partial charge on any atom is -0.305 e. The fraction of sp³-hybridized carbons (Fsp3) is 0.280. The number of halogens is 1. The zero-order valence-corrected chi connectivity index (χ0v) is 17.2. The van der Waals surface area contributed by atoms with Crippen LogP contribution in [0.25, 0.3) is 0 Å². The van der Waals surface area contributed by atoms with Gasteiger partial charge in [-0.3, -0.25) is 14.7 Å². The highest BCUT2D eigenvalue weighted by atomic mass is 19.1. The molecule has 0 N–H and O–H groups in total. The van der Waals surface area contributed by atoms with E-state index < -0.39 is 0 Å². The number of rotatable bonds is 5. The van der Waals surface area contributed by atoms with E-state index in [9.17, 15) is 9.18 Å². The predicted octanol–water partition coefficient (Wildman–Crippen LogP) is 4.84. The third-order valence-corrected chi connectivity index (χ3v) is 5.75. The second-order valence-electron chi connectivity index (χ2n) is 7.84. The summed E-state index contributed by atoms with van der Waals surface area (Å²) in [6, 6.07) is 18.4. The molecule has 3 aromatic rings. The molecular weight excluding hydrogens is 377 g/mol. The first-order chi connectivity index (χ1) is 14.6. The maximum Gasteiger partial charge on any atom is 0.258 e. The molecule has 2 heterocycles. The quantitative estimate of drug-likeness (QED) is 0.612. The van der Waals surface area contributed by atoms with Gasteiger partial charge in [-0.1, -0.05) is 24.3 Å². The summed E-state index contributed by atoms with van der Waals surface area (Å²) in [6.45, 7) is 4.39. The zero-order chi connectivity index (χ0) is 20.9. The SMILES string of the molecule is Cc1ccc(N(C(=O)c2ccccc2)C2CCN(Cc3ccncc3)CC2)cc1F. The van der Waals surface area contributed by atoms with Crippen LogP contribution < -0.4 is 4.90 Å². The molecule has 0 atom stereocenters. The summed E-state index contributed by atoms with van der Waals surface area (Å²) >= 11 is 0. The number of benzene rings is 2. The van der Waals surface area contributed by atoms with Crippen LogP contribution in [0.3, 0.4) is 0 Å². The van der Waals surface area contributed by atoms with Crippen LogP contribution in [-0.2, 0) is 6.54 Å². The lowest BCUT2D eigenvalue weighted by molar-refractivity contribution is 0.0958. The Labute approximate surface area is 177 Å². The zero-order valence-electron chi connectivity index (χ0n) is 17.2. The molecule has 0 bridgehead atoms. The number of hydrogen-bond donors (Lipinski definition) is 0. The van der Waals surface area contributed by atoms with Gasteiger partial charge in [0.05, 0.1) is 0 Å². The molecule has 0 saturated carbocycles. The van der Waals surface area contributed by atoms with Crippen molar-refractivity contribution in [1.82, 2.24) is 9.88 Å². The van der Waals surface area contributed by atoms with Gasteiger partial charge < -0.3 is 4.90 Å². The molecule has 1 aromatic heterocycles. The van der Waals surface area contributed by atoms with Crippen molar-refractivity contribution in [3.05, 3.63) is 95.6 Å². The summed E-state index contributed by atoms with van der Waals surface area (Å²) in [5.41, 5.74) is 3.07. The number of piperidine rings is 1. The van der Waals surface area contributed by atoms with Crippen molar-refractivity contribution in [2.24, 2.45) is 0 Å². The second kappa shape index (κ2) is 9.18. The number of likely N-dealkylation sites (tertiary alicyclic amines) is 1. The number of hydrogen-bond acceptors (Lipinski definition) is 3. The van der Waals surface area contributed by atoms with E-state index in [0.29, 0.717) is 16.8 Å². The lowest BCUT2D eigenvalue weighted by Crippen LogP contribution is -2.47. The summed E-state index contributed by atoms with van der Waals surface area (Å²) in [5.74, 6) is -0.361. The van der Waals surface area contributed by atoms with Crippen LogP contribution >= 0.6 is 0 Å². The maximum absolute atomic E-state index is 14.3. The lowest BCUT2D eigenvalue weighted by atomic mass is 10.00. The van der Waals surface area contributed by atoms with Gasteiger partial charge in [0.25, 0.3) is 5.91 Å². The van der Waals surface area contributed by atoms with Crippen LogP contribution in [0.4, 0.5) is 10.1 Å². The Morgan fingerprint density at radius 3 is 2.43 bits per heavy atom. The fourth-order valence-corrected chi connectivity index (χ4v) is 4.03. The van der Waals surface area contributed by atoms with Crippen molar-refractivity contribution in [1.29, 1.82) is 0 Å². The van der Waals surface area contributed by atoms with Gasteiger partial charge in [-0.05, 0) is 67.3 Å². The molecule has 4 nitrogen and oxygen atoms in total. The highest BCUT2D eigenvalue weighted by molar-refractivity contribution is 6.06. The van der Waals surface area contributed by atoms with Crippen molar-refractivity contribution >= 4 is 11.6 Å². The van der Waals surface area contributed by atoms with Crippen LogP contribution in [0, 0.1) is 12.7 Å². The molecule has 1 saturated heterocycles. The number of pyridine rings is 1. The van der Waals surface area contributed by atoms with E-state index in [2.05, 4.69) is 9.88 Å². The van der Waals surface area contributed by atoms with Crippen molar-refractivity contribution < 1.29 is 9.18 Å². The molecule has 0 spiro atoms. The average molecular weight is 404 g/mol. The molecule has 2 aromatic carbocycles. The molecule has 5 heteroatoms. The number of anilines is 1. The van der Waals surface area contributed by atoms with E-state index in [0.717, 1.165) is 32.5 Å². The van der Waals surface area contributed by atoms with Gasteiger partial charge in [0.15, 0.2) is 0 Å². The summed E-state index contributed by atoms with van der Waals surface area (Å²) in [4.78, 5) is 21.7. The van der Waals surface area contributed by atoms with Gasteiger partial charge in [0.2, 0.25) is 0 Å². The van der Waals surface area contributed by atoms with Gasteiger partial charge in [0, 0.05) is 49.3 Å². The molecular formula is C25H26FN3O. The standard InChI is InChI=1S/C25H26FN3O/c1-19-7-8-23(17-24(19)26)29(25(30)21-5-3-2-4-6-21)22-11-15-28(16-12-22)18-20-9-13-27-14-10-20/h2-10,13-14,17,22H,11-12,15-16,18H2,1H3. The number of carbonyl (C=O) groups is 1. The smallest absolute Gasteiger partial charge is 0.258 e. The Balaban J connectivity index is 1.54. The summed E-state index contributed by atoms with van der Waals surface area (Å²) in [6.07, 6.45) is 5.32. The highest BCUT2D eigenvalue weighted by Gasteiger charge is 2.30. The van der Waals surface area contributed by atoms with Crippen molar-refractivity contribution in [3.63, 3.8) is 0 Å². The number of carbonyl (C=O) groups excluding carboxylic acids is 1. The van der Waals surface area contributed by atoms with Crippen molar-refractivity contribution in [2.45, 2.75) is 32.4 Å². The van der Waals surface area contributed by atoms with Gasteiger partial charge in [-0.15, -0.1) is 0 Å². The van der Waals surface area contributed by atoms with E-state index in [1.54, 1.807) is 17.9 Å². The van der Waals surface area contributed by atoms with Gasteiger partial charge in [0.1, 0.15) is 5.82 Å². The summed E-state index contributed by atoms with van der Waals surface area (Å²) < 4.78 is 14.3. The Morgan fingerprint density at radius 2 is 1.77 bits per heavy atom. The summed E-state index contributed by atoms with van der Waals surface area (Å²) in [5, 5.41) is 0. The van der Waals surface area contributed by atoms with E-state index in [1.165, 1.54) is 11.6 Å². The maximum atomic E-state index is 14.3. The normalized spacial score (nSPS) is 15.1. The van der Waals surface area contributed by atoms with Crippen LogP contribution in [-0.4, -0.2) is 34.9 Å². The molecule has 1 amide bonds. The largest absolute Gasteiger partial charge is 0.305 e. The average Bonchev–Trinajstić information content (AvgIpc) is 2.79. The number of aromatic nitrogens is 1. The summed E-state index contributed by atoms with van der Waals surface area (Å²) in [7, 11) is 0. The third-order valence-electron chi connectivity index (χ3n) is 5.75. The van der Waals surface area contributed by atoms with E-state index >= 15 is 0 Å². The number of nitrogens with zero attached hydrogens (tertiary/aromatic N) is 3. The van der Waals surface area contributed by atoms with Gasteiger partial charge >= 0.3 is 0 Å². The van der Waals surface area contributed by atoms with Crippen LogP contribution in [0.15, 0.2) is 73.1 Å². The van der Waals surface area contributed by atoms with Crippen LogP contribution in [0.2, 0.25) is 0 Å². The molecule has 1 fully saturated rings. The first kappa shape index (κ1) is 20.2. The molecule has 4 rings (SSSR count). The minimum absolute atomic E-state index is 0.0357. The second-order valence-corrected chi connectivity index (χ2v) is 7.84. The highest BCUT2D eigenvalue weighted by Crippen LogP contribution is 2.28. The first-order valence-electron chi connectivity index (χ1n) is 10.4. The van der Waals surface area contributed by atoms with Gasteiger partial charge in [-0.25, -0.2) is 4.39 Å². The topological polar surface area (TPSA) is 36.4 Å². The first-order valence-corrected chi connectivity index (χ1v) is 10.4. The third kappa shape index (κ3) is 4.57. The molecule has 0 unspecified atom stereocenters.